The van der Waals surface area contributed by atoms with Gasteiger partial charge in [0.1, 0.15) is 0 Å². The van der Waals surface area contributed by atoms with Crippen LogP contribution >= 0.6 is 0 Å². The van der Waals surface area contributed by atoms with E-state index in [1.54, 1.807) is 0 Å². The van der Waals surface area contributed by atoms with Crippen LogP contribution in [0.3, 0.4) is 0 Å². The van der Waals surface area contributed by atoms with Crippen molar-refractivity contribution in [2.75, 3.05) is 6.54 Å². The number of amides is 1. The van der Waals surface area contributed by atoms with Gasteiger partial charge in [-0.3, -0.25) is 4.79 Å². The number of nitrogens with two attached hydrogens (primary N) is 1. The lowest BCUT2D eigenvalue weighted by molar-refractivity contribution is -0.120. The molecule has 3 nitrogen and oxygen atoms in total. The molecule has 1 atom stereocenters. The molecule has 74 valence electrons. The molecule has 2 aliphatic rings. The molecule has 0 spiro atoms. The average Bonchev–Trinajstić information content (AvgIpc) is 2.92. The van der Waals surface area contributed by atoms with Gasteiger partial charge < -0.3 is 11.1 Å². The minimum absolute atomic E-state index is 0.0619. The van der Waals surface area contributed by atoms with E-state index < -0.39 is 0 Å². The Kier molecular flexibility index (Phi) is 2.54. The molecule has 13 heavy (non-hydrogen) atoms. The third-order valence-electron chi connectivity index (χ3n) is 2.96. The fourth-order valence-electron chi connectivity index (χ4n) is 1.62. The minimum atomic E-state index is -0.174. The monoisotopic (exact) mass is 182 g/mol. The molecule has 1 amide bonds. The second kappa shape index (κ2) is 3.66. The predicted octanol–water partition coefficient (Wildman–Crippen LogP) is 0.640. The van der Waals surface area contributed by atoms with Crippen molar-refractivity contribution in [3.8, 4) is 0 Å². The van der Waals surface area contributed by atoms with Crippen LogP contribution in [0.5, 0.6) is 0 Å². The van der Waals surface area contributed by atoms with E-state index in [9.17, 15) is 4.79 Å². The van der Waals surface area contributed by atoms with Gasteiger partial charge in [-0.15, -0.1) is 0 Å². The summed E-state index contributed by atoms with van der Waals surface area (Å²) < 4.78 is 0. The SMILES string of the molecule is NC(=O)C(CC1CC1)NCC1CC1. The lowest BCUT2D eigenvalue weighted by Gasteiger charge is -2.14. The molecule has 0 aliphatic heterocycles. The molecule has 2 fully saturated rings. The second-order valence-electron chi connectivity index (χ2n) is 4.49. The first kappa shape index (κ1) is 9.00. The number of carbonyl (C=O) groups excluding carboxylic acids is 1. The smallest absolute Gasteiger partial charge is 0.234 e. The fraction of sp³-hybridized carbons (Fsp3) is 0.900. The average molecular weight is 182 g/mol. The number of carbonyl (C=O) groups is 1. The first-order valence-electron chi connectivity index (χ1n) is 5.28. The van der Waals surface area contributed by atoms with Crippen molar-refractivity contribution >= 4 is 5.91 Å². The Hall–Kier alpha value is -0.570. The Morgan fingerprint density at radius 2 is 1.92 bits per heavy atom. The third kappa shape index (κ3) is 2.99. The van der Waals surface area contributed by atoms with Crippen LogP contribution < -0.4 is 11.1 Å². The first-order chi connectivity index (χ1) is 6.25. The molecule has 0 radical (unpaired) electrons. The number of hydrogen-bond acceptors (Lipinski definition) is 2. The first-order valence-corrected chi connectivity index (χ1v) is 5.28. The van der Waals surface area contributed by atoms with Crippen LogP contribution in [-0.2, 0) is 4.79 Å². The Bertz CT molecular complexity index is 197. The lowest BCUT2D eigenvalue weighted by atomic mass is 10.1. The maximum atomic E-state index is 11.1. The molecule has 1 unspecified atom stereocenters. The van der Waals surface area contributed by atoms with Gasteiger partial charge in [0.15, 0.2) is 0 Å². The van der Waals surface area contributed by atoms with Gasteiger partial charge in [0.05, 0.1) is 6.04 Å². The summed E-state index contributed by atoms with van der Waals surface area (Å²) in [6, 6.07) is -0.0619. The van der Waals surface area contributed by atoms with Gasteiger partial charge in [0.2, 0.25) is 5.91 Å². The second-order valence-corrected chi connectivity index (χ2v) is 4.49. The number of rotatable bonds is 6. The largest absolute Gasteiger partial charge is 0.368 e. The van der Waals surface area contributed by atoms with Crippen LogP contribution in [0.2, 0.25) is 0 Å². The van der Waals surface area contributed by atoms with E-state index in [-0.39, 0.29) is 11.9 Å². The van der Waals surface area contributed by atoms with Gasteiger partial charge in [-0.1, -0.05) is 12.8 Å². The molecule has 2 saturated carbocycles. The zero-order valence-electron chi connectivity index (χ0n) is 7.96. The molecule has 3 N–H and O–H groups in total. The van der Waals surface area contributed by atoms with Crippen LogP contribution in [0, 0.1) is 11.8 Å². The maximum absolute atomic E-state index is 11.1. The van der Waals surface area contributed by atoms with Crippen LogP contribution in [0.1, 0.15) is 32.1 Å². The van der Waals surface area contributed by atoms with E-state index in [2.05, 4.69) is 5.32 Å². The van der Waals surface area contributed by atoms with Crippen LogP contribution in [0.25, 0.3) is 0 Å². The Morgan fingerprint density at radius 1 is 1.31 bits per heavy atom. The maximum Gasteiger partial charge on any atom is 0.234 e. The third-order valence-corrected chi connectivity index (χ3v) is 2.96. The van der Waals surface area contributed by atoms with Crippen molar-refractivity contribution in [1.82, 2.24) is 5.32 Å². The van der Waals surface area contributed by atoms with E-state index >= 15 is 0 Å². The minimum Gasteiger partial charge on any atom is -0.368 e. The summed E-state index contributed by atoms with van der Waals surface area (Å²) in [5.41, 5.74) is 5.32. The zero-order valence-corrected chi connectivity index (χ0v) is 7.96. The molecule has 3 heteroatoms. The molecule has 2 aliphatic carbocycles. The van der Waals surface area contributed by atoms with Gasteiger partial charge in [-0.05, 0) is 37.6 Å². The topological polar surface area (TPSA) is 55.1 Å². The standard InChI is InChI=1S/C10H18N2O/c11-10(13)9(5-7-1-2-7)12-6-8-3-4-8/h7-9,12H,1-6H2,(H2,11,13). The number of primary amides is 1. The molecular weight excluding hydrogens is 164 g/mol. The number of nitrogens with one attached hydrogen (secondary N) is 1. The van der Waals surface area contributed by atoms with Gasteiger partial charge in [0, 0.05) is 0 Å². The zero-order chi connectivity index (χ0) is 9.26. The molecule has 0 aromatic rings. The highest BCUT2D eigenvalue weighted by Gasteiger charge is 2.29. The summed E-state index contributed by atoms with van der Waals surface area (Å²) in [5, 5.41) is 3.28. The highest BCUT2D eigenvalue weighted by molar-refractivity contribution is 5.79. The summed E-state index contributed by atoms with van der Waals surface area (Å²) in [6.07, 6.45) is 6.18. The van der Waals surface area contributed by atoms with E-state index in [0.717, 1.165) is 24.8 Å². The van der Waals surface area contributed by atoms with Crippen molar-refractivity contribution in [2.45, 2.75) is 38.1 Å². The van der Waals surface area contributed by atoms with E-state index in [0.29, 0.717) is 0 Å². The van der Waals surface area contributed by atoms with Crippen molar-refractivity contribution in [1.29, 1.82) is 0 Å². The van der Waals surface area contributed by atoms with E-state index in [1.807, 2.05) is 0 Å². The van der Waals surface area contributed by atoms with Crippen LogP contribution in [0.4, 0.5) is 0 Å². The Balaban J connectivity index is 1.70. The molecule has 0 aromatic heterocycles. The van der Waals surface area contributed by atoms with Crippen molar-refractivity contribution < 1.29 is 4.79 Å². The molecule has 0 aromatic carbocycles. The van der Waals surface area contributed by atoms with Gasteiger partial charge >= 0.3 is 0 Å². The van der Waals surface area contributed by atoms with Gasteiger partial charge in [-0.2, -0.15) is 0 Å². The van der Waals surface area contributed by atoms with E-state index in [4.69, 9.17) is 5.73 Å². The normalized spacial score (nSPS) is 24.3. The summed E-state index contributed by atoms with van der Waals surface area (Å²) in [7, 11) is 0. The lowest BCUT2D eigenvalue weighted by Crippen LogP contribution is -2.42. The summed E-state index contributed by atoms with van der Waals surface area (Å²) in [6.45, 7) is 0.986. The molecule has 2 rings (SSSR count). The molecule has 0 bridgehead atoms. The van der Waals surface area contributed by atoms with E-state index in [1.165, 1.54) is 25.7 Å². The molecule has 0 saturated heterocycles. The Morgan fingerprint density at radius 3 is 2.38 bits per heavy atom. The summed E-state index contributed by atoms with van der Waals surface area (Å²) in [5.74, 6) is 1.41. The number of hydrogen-bond donors (Lipinski definition) is 2. The van der Waals surface area contributed by atoms with Crippen molar-refractivity contribution in [3.05, 3.63) is 0 Å². The summed E-state index contributed by atoms with van der Waals surface area (Å²) in [4.78, 5) is 11.1. The van der Waals surface area contributed by atoms with Crippen LogP contribution in [0.15, 0.2) is 0 Å². The Labute approximate surface area is 79.1 Å². The summed E-state index contributed by atoms with van der Waals surface area (Å²) >= 11 is 0. The highest BCUT2D eigenvalue weighted by atomic mass is 16.1. The van der Waals surface area contributed by atoms with Crippen LogP contribution in [-0.4, -0.2) is 18.5 Å². The molecular formula is C10H18N2O. The fourth-order valence-corrected chi connectivity index (χ4v) is 1.62. The predicted molar refractivity (Wildman–Crippen MR) is 51.1 cm³/mol. The van der Waals surface area contributed by atoms with Crippen molar-refractivity contribution in [3.63, 3.8) is 0 Å². The quantitative estimate of drug-likeness (QED) is 0.633. The van der Waals surface area contributed by atoms with Crippen molar-refractivity contribution in [2.24, 2.45) is 17.6 Å². The van der Waals surface area contributed by atoms with Gasteiger partial charge in [-0.25, -0.2) is 0 Å². The highest BCUT2D eigenvalue weighted by Crippen LogP contribution is 2.34. The van der Waals surface area contributed by atoms with Gasteiger partial charge in [0.25, 0.3) is 0 Å². The molecule has 0 heterocycles.